The lowest BCUT2D eigenvalue weighted by atomic mass is 10.2. The average molecular weight is 226 g/mol. The highest BCUT2D eigenvalue weighted by molar-refractivity contribution is 7.89. The van der Waals surface area contributed by atoms with Gasteiger partial charge in [-0.15, -0.1) is 16.3 Å². The van der Waals surface area contributed by atoms with Gasteiger partial charge in [0.15, 0.2) is 0 Å². The van der Waals surface area contributed by atoms with Crippen LogP contribution in [0.25, 0.3) is 0 Å². The highest BCUT2D eigenvalue weighted by Gasteiger charge is 2.02. The van der Waals surface area contributed by atoms with Gasteiger partial charge >= 0.3 is 0 Å². The summed E-state index contributed by atoms with van der Waals surface area (Å²) in [4.78, 5) is 0. The summed E-state index contributed by atoms with van der Waals surface area (Å²) in [6.45, 7) is 3.06. The Morgan fingerprint density at radius 2 is 1.92 bits per heavy atom. The molecule has 0 saturated heterocycles. The summed E-state index contributed by atoms with van der Waals surface area (Å²) < 4.78 is 14.0. The Morgan fingerprint density at radius 1 is 1.23 bits per heavy atom. The highest BCUT2D eigenvalue weighted by Crippen LogP contribution is 2.01. The molecule has 4 heteroatoms. The summed E-state index contributed by atoms with van der Waals surface area (Å²) in [5, 5.41) is 0. The molecule has 13 heavy (non-hydrogen) atoms. The van der Waals surface area contributed by atoms with E-state index in [9.17, 15) is 4.55 Å². The molecule has 1 unspecified atom stereocenters. The number of rotatable bonds is 9. The number of hydrogen-bond donors (Lipinski definition) is 1. The topological polar surface area (TPSA) is 35.1 Å². The van der Waals surface area contributed by atoms with Crippen molar-refractivity contribution < 1.29 is 4.55 Å². The van der Waals surface area contributed by atoms with Crippen LogP contribution in [0.3, 0.4) is 0 Å². The van der Waals surface area contributed by atoms with Crippen molar-refractivity contribution in [2.24, 2.45) is 0 Å². The fraction of sp³-hybridized carbons (Fsp3) is 1.00. The molecule has 0 aliphatic rings. The summed E-state index contributed by atoms with van der Waals surface area (Å²) in [7, 11) is 0. The van der Waals surface area contributed by atoms with Crippen molar-refractivity contribution in [3.63, 3.8) is 0 Å². The Morgan fingerprint density at radius 3 is 2.54 bits per heavy atom. The Hall–Kier alpha value is 0.560. The van der Waals surface area contributed by atoms with Gasteiger partial charge in [0.2, 0.25) is 0 Å². The van der Waals surface area contributed by atoms with E-state index in [2.05, 4.69) is 11.6 Å². The van der Waals surface area contributed by atoms with Crippen LogP contribution < -0.4 is 4.72 Å². The lowest BCUT2D eigenvalue weighted by Crippen LogP contribution is -2.27. The molecule has 80 valence electrons. The first-order valence-electron chi connectivity index (χ1n) is 4.99. The summed E-state index contributed by atoms with van der Waals surface area (Å²) in [5.41, 5.74) is 0. The van der Waals surface area contributed by atoms with Gasteiger partial charge in [-0.05, 0) is 6.42 Å². The molecule has 0 radical (unpaired) electrons. The molecular formula is C9H20ClNOS. The first kappa shape index (κ1) is 13.6. The van der Waals surface area contributed by atoms with E-state index in [1.54, 1.807) is 0 Å². The molecule has 0 saturated carbocycles. The summed E-state index contributed by atoms with van der Waals surface area (Å²) >= 11 is 4.54. The van der Waals surface area contributed by atoms with Crippen LogP contribution in [0, 0.1) is 0 Å². The van der Waals surface area contributed by atoms with E-state index >= 15 is 0 Å². The number of alkyl halides is 1. The second kappa shape index (κ2) is 10.6. The standard InChI is InChI=1S/C9H20ClNOS/c1-2-3-4-5-6-8-11-13(12)9-7-10/h11H,2-9H2,1H3. The predicted molar refractivity (Wildman–Crippen MR) is 60.5 cm³/mol. The minimum atomic E-state index is -0.909. The first-order valence-corrected chi connectivity index (χ1v) is 6.84. The largest absolute Gasteiger partial charge is 0.598 e. The van der Waals surface area contributed by atoms with E-state index in [-0.39, 0.29) is 0 Å². The third-order valence-electron chi connectivity index (χ3n) is 1.81. The molecule has 0 heterocycles. The Balaban J connectivity index is 2.97. The lowest BCUT2D eigenvalue weighted by molar-refractivity contribution is 0.571. The monoisotopic (exact) mass is 225 g/mol. The molecule has 0 aliphatic carbocycles. The van der Waals surface area contributed by atoms with Crippen molar-refractivity contribution >= 4 is 23.0 Å². The Labute approximate surface area is 89.7 Å². The molecule has 0 aromatic heterocycles. The molecule has 0 amide bonds. The van der Waals surface area contributed by atoms with Crippen LogP contribution in [0.5, 0.6) is 0 Å². The average Bonchev–Trinajstić information content (AvgIpc) is 2.11. The van der Waals surface area contributed by atoms with E-state index in [1.165, 1.54) is 25.7 Å². The lowest BCUT2D eigenvalue weighted by Gasteiger charge is -2.09. The molecular weight excluding hydrogens is 206 g/mol. The van der Waals surface area contributed by atoms with Crippen molar-refractivity contribution in [2.45, 2.75) is 39.0 Å². The van der Waals surface area contributed by atoms with Crippen LogP contribution in [0.15, 0.2) is 0 Å². The molecule has 0 bridgehead atoms. The van der Waals surface area contributed by atoms with Crippen molar-refractivity contribution in [2.75, 3.05) is 18.2 Å². The normalized spacial score (nSPS) is 13.2. The van der Waals surface area contributed by atoms with Gasteiger partial charge in [-0.1, -0.05) is 32.6 Å². The molecule has 0 spiro atoms. The van der Waals surface area contributed by atoms with Gasteiger partial charge in [-0.2, -0.15) is 0 Å². The predicted octanol–water partition coefficient (Wildman–Crippen LogP) is 2.45. The molecule has 1 atom stereocenters. The van der Waals surface area contributed by atoms with Gasteiger partial charge in [0, 0.05) is 17.9 Å². The molecule has 2 nitrogen and oxygen atoms in total. The molecule has 0 aromatic rings. The zero-order valence-electron chi connectivity index (χ0n) is 8.35. The maximum absolute atomic E-state index is 11.0. The van der Waals surface area contributed by atoms with Crippen LogP contribution in [0.1, 0.15) is 39.0 Å². The number of halogens is 1. The van der Waals surface area contributed by atoms with E-state index in [0.717, 1.165) is 13.0 Å². The van der Waals surface area contributed by atoms with E-state index in [0.29, 0.717) is 11.6 Å². The Bertz CT molecular complexity index is 106. The smallest absolute Gasteiger partial charge is 0.139 e. The molecule has 0 fully saturated rings. The van der Waals surface area contributed by atoms with Crippen molar-refractivity contribution in [1.82, 2.24) is 4.72 Å². The van der Waals surface area contributed by atoms with Crippen LogP contribution in [-0.2, 0) is 11.4 Å². The van der Waals surface area contributed by atoms with Crippen LogP contribution in [-0.4, -0.2) is 22.7 Å². The maximum atomic E-state index is 11.0. The number of hydrogen-bond acceptors (Lipinski definition) is 2. The number of nitrogens with one attached hydrogen (secondary N) is 1. The quantitative estimate of drug-likeness (QED) is 0.372. The third kappa shape index (κ3) is 10.5. The fourth-order valence-electron chi connectivity index (χ4n) is 1.06. The minimum Gasteiger partial charge on any atom is -0.598 e. The van der Waals surface area contributed by atoms with E-state index in [1.807, 2.05) is 0 Å². The van der Waals surface area contributed by atoms with Crippen LogP contribution in [0.2, 0.25) is 0 Å². The van der Waals surface area contributed by atoms with Gasteiger partial charge in [-0.25, -0.2) is 0 Å². The van der Waals surface area contributed by atoms with Crippen molar-refractivity contribution in [1.29, 1.82) is 0 Å². The molecule has 0 aromatic carbocycles. The zero-order chi connectivity index (χ0) is 9.94. The highest BCUT2D eigenvalue weighted by atomic mass is 35.5. The zero-order valence-corrected chi connectivity index (χ0v) is 9.92. The summed E-state index contributed by atoms with van der Waals surface area (Å²) in [6, 6.07) is 0. The number of unbranched alkanes of at least 4 members (excludes halogenated alkanes) is 4. The van der Waals surface area contributed by atoms with Gasteiger partial charge in [0.05, 0.1) is 5.88 Å². The minimum absolute atomic E-state index is 0.468. The Kier molecular flexibility index (Phi) is 11.1. The first-order chi connectivity index (χ1) is 6.31. The van der Waals surface area contributed by atoms with Crippen molar-refractivity contribution in [3.05, 3.63) is 0 Å². The molecule has 0 aliphatic heterocycles. The SMILES string of the molecule is CCCCCCCN[S+]([O-])CCCl. The van der Waals surface area contributed by atoms with Crippen molar-refractivity contribution in [3.8, 4) is 0 Å². The molecule has 0 rings (SSSR count). The summed E-state index contributed by atoms with van der Waals surface area (Å²) in [6.07, 6.45) is 6.23. The third-order valence-corrected chi connectivity index (χ3v) is 3.32. The fourth-order valence-corrected chi connectivity index (χ4v) is 2.13. The molecule has 1 N–H and O–H groups in total. The van der Waals surface area contributed by atoms with Crippen LogP contribution >= 0.6 is 11.6 Å². The van der Waals surface area contributed by atoms with Gasteiger partial charge in [0.1, 0.15) is 5.75 Å². The summed E-state index contributed by atoms with van der Waals surface area (Å²) in [5.74, 6) is 1.02. The van der Waals surface area contributed by atoms with E-state index in [4.69, 9.17) is 11.6 Å². The van der Waals surface area contributed by atoms with Crippen LogP contribution in [0.4, 0.5) is 0 Å². The van der Waals surface area contributed by atoms with Gasteiger partial charge < -0.3 is 4.55 Å². The second-order valence-corrected chi connectivity index (χ2v) is 4.81. The maximum Gasteiger partial charge on any atom is 0.139 e. The van der Waals surface area contributed by atoms with Gasteiger partial charge in [0.25, 0.3) is 0 Å². The van der Waals surface area contributed by atoms with Gasteiger partial charge in [-0.3, -0.25) is 0 Å². The second-order valence-electron chi connectivity index (χ2n) is 3.05. The van der Waals surface area contributed by atoms with E-state index < -0.39 is 11.4 Å².